The van der Waals surface area contributed by atoms with Gasteiger partial charge in [0, 0.05) is 12.2 Å². The zero-order valence-corrected chi connectivity index (χ0v) is 12.6. The maximum absolute atomic E-state index is 4.10. The quantitative estimate of drug-likeness (QED) is 0.720. The van der Waals surface area contributed by atoms with E-state index in [0.717, 1.165) is 17.8 Å². The van der Waals surface area contributed by atoms with Crippen LogP contribution in [0.15, 0.2) is 42.6 Å². The van der Waals surface area contributed by atoms with Crippen molar-refractivity contribution in [3.8, 4) is 0 Å². The van der Waals surface area contributed by atoms with Crippen LogP contribution < -0.4 is 5.32 Å². The van der Waals surface area contributed by atoms with E-state index in [2.05, 4.69) is 70.4 Å². The molecule has 0 amide bonds. The summed E-state index contributed by atoms with van der Waals surface area (Å²) in [5.74, 6) is 0.618. The second-order valence-electron chi connectivity index (χ2n) is 5.36. The molecule has 1 nitrogen and oxygen atoms in total. The van der Waals surface area contributed by atoms with Crippen LogP contribution in [-0.4, -0.2) is 6.54 Å². The number of rotatable bonds is 6. The summed E-state index contributed by atoms with van der Waals surface area (Å²) in [6.07, 6.45) is 4.08. The van der Waals surface area contributed by atoms with Crippen molar-refractivity contribution in [1.82, 2.24) is 5.32 Å². The zero-order chi connectivity index (χ0) is 14.4. The Morgan fingerprint density at radius 3 is 2.63 bits per heavy atom. The lowest BCUT2D eigenvalue weighted by molar-refractivity contribution is 0.600. The summed E-state index contributed by atoms with van der Waals surface area (Å²) >= 11 is 0. The number of aryl methyl sites for hydroxylation is 1. The predicted octanol–water partition coefficient (Wildman–Crippen LogP) is 4.80. The minimum atomic E-state index is 0.618. The second kappa shape index (κ2) is 6.98. The van der Waals surface area contributed by atoms with Crippen molar-refractivity contribution in [2.75, 3.05) is 6.54 Å². The van der Waals surface area contributed by atoms with Crippen molar-refractivity contribution in [3.63, 3.8) is 0 Å². The van der Waals surface area contributed by atoms with E-state index in [4.69, 9.17) is 0 Å². The molecule has 0 saturated carbocycles. The SMILES string of the molecule is C=Cc1c(C)cccc1/C=C(\C)C(=C)NCC(C)C. The predicted molar refractivity (Wildman–Crippen MR) is 86.9 cm³/mol. The lowest BCUT2D eigenvalue weighted by Gasteiger charge is -2.13. The van der Waals surface area contributed by atoms with Crippen molar-refractivity contribution in [2.45, 2.75) is 27.7 Å². The highest BCUT2D eigenvalue weighted by molar-refractivity contribution is 5.69. The Hall–Kier alpha value is -1.76. The van der Waals surface area contributed by atoms with Crippen LogP contribution in [0, 0.1) is 12.8 Å². The van der Waals surface area contributed by atoms with Crippen molar-refractivity contribution >= 4 is 12.2 Å². The molecule has 0 aliphatic heterocycles. The average molecular weight is 255 g/mol. The number of nitrogens with one attached hydrogen (secondary N) is 1. The first-order chi connectivity index (χ1) is 8.95. The van der Waals surface area contributed by atoms with Crippen LogP contribution in [0.1, 0.15) is 37.5 Å². The van der Waals surface area contributed by atoms with E-state index in [1.165, 1.54) is 16.7 Å². The lowest BCUT2D eigenvalue weighted by Crippen LogP contribution is -2.18. The molecule has 1 aromatic carbocycles. The van der Waals surface area contributed by atoms with E-state index in [1.807, 2.05) is 6.08 Å². The topological polar surface area (TPSA) is 12.0 Å². The molecule has 1 heteroatoms. The van der Waals surface area contributed by atoms with Crippen LogP contribution in [0.4, 0.5) is 0 Å². The second-order valence-corrected chi connectivity index (χ2v) is 5.36. The fraction of sp³-hybridized carbons (Fsp3) is 0.333. The van der Waals surface area contributed by atoms with E-state index in [-0.39, 0.29) is 0 Å². The molecule has 1 N–H and O–H groups in total. The summed E-state index contributed by atoms with van der Waals surface area (Å²) in [6.45, 7) is 17.5. The summed E-state index contributed by atoms with van der Waals surface area (Å²) in [5.41, 5.74) is 5.79. The van der Waals surface area contributed by atoms with Crippen LogP contribution in [0.2, 0.25) is 0 Å². The molecule has 0 saturated heterocycles. The molecule has 0 heterocycles. The van der Waals surface area contributed by atoms with Crippen LogP contribution in [0.5, 0.6) is 0 Å². The standard InChI is InChI=1S/C18H25N/c1-7-18-14(4)9-8-10-17(18)11-15(5)16(6)19-12-13(2)3/h7-11,13,19H,1,6,12H2,2-5H3/b15-11+. The van der Waals surface area contributed by atoms with Crippen molar-refractivity contribution in [2.24, 2.45) is 5.92 Å². The van der Waals surface area contributed by atoms with Gasteiger partial charge < -0.3 is 5.32 Å². The summed E-state index contributed by atoms with van der Waals surface area (Å²) in [7, 11) is 0. The Balaban J connectivity index is 2.93. The highest BCUT2D eigenvalue weighted by Gasteiger charge is 2.02. The Bertz CT molecular complexity index is 492. The van der Waals surface area contributed by atoms with Crippen LogP contribution >= 0.6 is 0 Å². The van der Waals surface area contributed by atoms with E-state index < -0.39 is 0 Å². The molecule has 0 bridgehead atoms. The smallest absolute Gasteiger partial charge is 0.0297 e. The van der Waals surface area contributed by atoms with Crippen molar-refractivity contribution in [1.29, 1.82) is 0 Å². The number of hydrogen-bond donors (Lipinski definition) is 1. The molecular formula is C18H25N. The minimum absolute atomic E-state index is 0.618. The third kappa shape index (κ3) is 4.44. The minimum Gasteiger partial charge on any atom is -0.385 e. The summed E-state index contributed by atoms with van der Waals surface area (Å²) in [5, 5.41) is 3.37. The van der Waals surface area contributed by atoms with E-state index >= 15 is 0 Å². The van der Waals surface area contributed by atoms with Gasteiger partial charge in [-0.15, -0.1) is 0 Å². The molecule has 0 aliphatic rings. The Morgan fingerprint density at radius 2 is 2.05 bits per heavy atom. The third-order valence-electron chi connectivity index (χ3n) is 3.13. The van der Waals surface area contributed by atoms with Crippen LogP contribution in [0.3, 0.4) is 0 Å². The van der Waals surface area contributed by atoms with Crippen molar-refractivity contribution < 1.29 is 0 Å². The first-order valence-electron chi connectivity index (χ1n) is 6.79. The molecule has 0 fully saturated rings. The molecule has 19 heavy (non-hydrogen) atoms. The normalized spacial score (nSPS) is 11.5. The van der Waals surface area contributed by atoms with Gasteiger partial charge in [0.1, 0.15) is 0 Å². The maximum Gasteiger partial charge on any atom is 0.0297 e. The average Bonchev–Trinajstić information content (AvgIpc) is 2.36. The van der Waals surface area contributed by atoms with Gasteiger partial charge in [0.05, 0.1) is 0 Å². The van der Waals surface area contributed by atoms with Gasteiger partial charge in [0.25, 0.3) is 0 Å². The molecule has 0 aromatic heterocycles. The summed E-state index contributed by atoms with van der Waals surface area (Å²) in [6, 6.07) is 6.30. The first-order valence-corrected chi connectivity index (χ1v) is 6.79. The highest BCUT2D eigenvalue weighted by atomic mass is 14.9. The lowest BCUT2D eigenvalue weighted by atomic mass is 9.99. The molecule has 1 rings (SSSR count). The number of allylic oxidation sites excluding steroid dienone is 1. The molecule has 0 atom stereocenters. The van der Waals surface area contributed by atoms with Gasteiger partial charge in [0.2, 0.25) is 0 Å². The molecule has 0 unspecified atom stereocenters. The number of hydrogen-bond acceptors (Lipinski definition) is 1. The Morgan fingerprint density at radius 1 is 1.37 bits per heavy atom. The third-order valence-corrected chi connectivity index (χ3v) is 3.13. The summed E-state index contributed by atoms with van der Waals surface area (Å²) < 4.78 is 0. The van der Waals surface area contributed by atoms with Crippen LogP contribution in [0.25, 0.3) is 12.2 Å². The molecule has 102 valence electrons. The molecule has 0 spiro atoms. The fourth-order valence-corrected chi connectivity index (χ4v) is 1.90. The summed E-state index contributed by atoms with van der Waals surface area (Å²) in [4.78, 5) is 0. The van der Waals surface area contributed by atoms with Gasteiger partial charge in [-0.2, -0.15) is 0 Å². The van der Waals surface area contributed by atoms with Crippen molar-refractivity contribution in [3.05, 3.63) is 59.3 Å². The Labute approximate surface area is 117 Å². The molecular weight excluding hydrogens is 230 g/mol. The monoisotopic (exact) mass is 255 g/mol. The first kappa shape index (κ1) is 15.3. The van der Waals surface area contributed by atoms with Gasteiger partial charge in [-0.1, -0.05) is 51.3 Å². The molecule has 0 aliphatic carbocycles. The maximum atomic E-state index is 4.10. The zero-order valence-electron chi connectivity index (χ0n) is 12.6. The van der Waals surface area contributed by atoms with Gasteiger partial charge in [-0.05, 0) is 48.1 Å². The van der Waals surface area contributed by atoms with Gasteiger partial charge in [-0.3, -0.25) is 0 Å². The Kier molecular flexibility index (Phi) is 5.62. The largest absolute Gasteiger partial charge is 0.385 e. The van der Waals surface area contributed by atoms with E-state index in [0.29, 0.717) is 5.92 Å². The van der Waals surface area contributed by atoms with Gasteiger partial charge in [0.15, 0.2) is 0 Å². The van der Waals surface area contributed by atoms with Gasteiger partial charge >= 0.3 is 0 Å². The fourth-order valence-electron chi connectivity index (χ4n) is 1.90. The van der Waals surface area contributed by atoms with E-state index in [9.17, 15) is 0 Å². The number of benzene rings is 1. The van der Waals surface area contributed by atoms with Gasteiger partial charge in [-0.25, -0.2) is 0 Å². The molecule has 1 aromatic rings. The molecule has 0 radical (unpaired) electrons. The van der Waals surface area contributed by atoms with E-state index in [1.54, 1.807) is 0 Å². The highest BCUT2D eigenvalue weighted by Crippen LogP contribution is 2.20. The van der Waals surface area contributed by atoms with Crippen LogP contribution in [-0.2, 0) is 0 Å².